The molecule has 4 rings (SSSR count). The fourth-order valence-corrected chi connectivity index (χ4v) is 3.63. The molecule has 0 aromatic heterocycles. The van der Waals surface area contributed by atoms with E-state index in [2.05, 4.69) is 27.5 Å². The molecular formula is C22H25ClN4O2. The monoisotopic (exact) mass is 412 g/mol. The van der Waals surface area contributed by atoms with Crippen molar-refractivity contribution in [1.82, 2.24) is 4.90 Å². The molecule has 1 aliphatic heterocycles. The summed E-state index contributed by atoms with van der Waals surface area (Å²) in [5.74, 6) is -0.0926. The predicted octanol–water partition coefficient (Wildman–Crippen LogP) is 3.69. The summed E-state index contributed by atoms with van der Waals surface area (Å²) in [6.07, 6.45) is 1.88. The van der Waals surface area contributed by atoms with E-state index >= 15 is 0 Å². The summed E-state index contributed by atoms with van der Waals surface area (Å²) in [6, 6.07) is 12.6. The van der Waals surface area contributed by atoms with Crippen LogP contribution in [0.25, 0.3) is 0 Å². The summed E-state index contributed by atoms with van der Waals surface area (Å²) >= 11 is 6.20. The molecule has 152 valence electrons. The standard InChI is InChI=1S/C22H25ClN4O2/c1-26-9-11-27(12-10-26)20-8-7-17(23)14-19(20)25-22(29)16-3-2-4-18(13-16)24-21(28)15-5-6-15/h2-4,7-8,13-15H,5-6,9-12H2,1H3,(H,24,28)(H,25,29). The Hall–Kier alpha value is -2.57. The fraction of sp³-hybridized carbons (Fsp3) is 0.364. The lowest BCUT2D eigenvalue weighted by Gasteiger charge is -2.35. The van der Waals surface area contributed by atoms with Gasteiger partial charge in [0.05, 0.1) is 11.4 Å². The van der Waals surface area contributed by atoms with E-state index in [0.29, 0.717) is 22.0 Å². The number of amides is 2. The second-order valence-electron chi connectivity index (χ2n) is 7.75. The van der Waals surface area contributed by atoms with Gasteiger partial charge in [-0.2, -0.15) is 0 Å². The van der Waals surface area contributed by atoms with Gasteiger partial charge in [0.25, 0.3) is 5.91 Å². The van der Waals surface area contributed by atoms with Crippen molar-refractivity contribution in [2.24, 2.45) is 5.92 Å². The van der Waals surface area contributed by atoms with Gasteiger partial charge in [0.1, 0.15) is 0 Å². The van der Waals surface area contributed by atoms with E-state index < -0.39 is 0 Å². The smallest absolute Gasteiger partial charge is 0.255 e. The van der Waals surface area contributed by atoms with Gasteiger partial charge in [0.15, 0.2) is 0 Å². The zero-order valence-electron chi connectivity index (χ0n) is 16.5. The lowest BCUT2D eigenvalue weighted by Crippen LogP contribution is -2.44. The molecule has 1 saturated carbocycles. The highest BCUT2D eigenvalue weighted by Crippen LogP contribution is 2.31. The van der Waals surface area contributed by atoms with Crippen LogP contribution in [0.15, 0.2) is 42.5 Å². The quantitative estimate of drug-likeness (QED) is 0.786. The molecule has 2 amide bonds. The number of carbonyl (C=O) groups is 2. The molecule has 2 fully saturated rings. The second kappa shape index (κ2) is 8.43. The van der Waals surface area contributed by atoms with Gasteiger partial charge in [0, 0.05) is 48.4 Å². The first-order valence-corrected chi connectivity index (χ1v) is 10.3. The van der Waals surface area contributed by atoms with Crippen molar-refractivity contribution < 1.29 is 9.59 Å². The summed E-state index contributed by atoms with van der Waals surface area (Å²) in [4.78, 5) is 29.4. The maximum atomic E-state index is 12.9. The maximum Gasteiger partial charge on any atom is 0.255 e. The molecule has 0 bridgehead atoms. The molecule has 1 saturated heterocycles. The summed E-state index contributed by atoms with van der Waals surface area (Å²) in [7, 11) is 2.11. The van der Waals surface area contributed by atoms with E-state index in [-0.39, 0.29) is 17.7 Å². The van der Waals surface area contributed by atoms with Gasteiger partial charge in [-0.05, 0) is 56.3 Å². The van der Waals surface area contributed by atoms with Gasteiger partial charge in [-0.25, -0.2) is 0 Å². The van der Waals surface area contributed by atoms with Crippen molar-refractivity contribution in [2.45, 2.75) is 12.8 Å². The van der Waals surface area contributed by atoms with Crippen LogP contribution in [0.1, 0.15) is 23.2 Å². The molecule has 0 radical (unpaired) electrons. The summed E-state index contributed by atoms with van der Waals surface area (Å²) < 4.78 is 0. The molecule has 2 aromatic carbocycles. The van der Waals surface area contributed by atoms with E-state index in [0.717, 1.165) is 44.7 Å². The van der Waals surface area contributed by atoms with Gasteiger partial charge in [-0.15, -0.1) is 0 Å². The number of hydrogen-bond donors (Lipinski definition) is 2. The van der Waals surface area contributed by atoms with Crippen molar-refractivity contribution in [2.75, 3.05) is 48.8 Å². The average molecular weight is 413 g/mol. The Kier molecular flexibility index (Phi) is 5.74. The van der Waals surface area contributed by atoms with Gasteiger partial charge >= 0.3 is 0 Å². The third kappa shape index (κ3) is 4.89. The molecule has 7 heteroatoms. The normalized spacial score (nSPS) is 17.1. The zero-order valence-corrected chi connectivity index (χ0v) is 17.2. The van der Waals surface area contributed by atoms with E-state index in [1.807, 2.05) is 12.1 Å². The fourth-order valence-electron chi connectivity index (χ4n) is 3.45. The minimum absolute atomic E-state index is 0.0229. The molecule has 0 atom stereocenters. The number of nitrogens with one attached hydrogen (secondary N) is 2. The molecule has 2 aromatic rings. The van der Waals surface area contributed by atoms with Crippen LogP contribution in [0.5, 0.6) is 0 Å². The Morgan fingerprint density at radius 2 is 1.76 bits per heavy atom. The van der Waals surface area contributed by atoms with Gasteiger partial charge < -0.3 is 20.4 Å². The number of rotatable bonds is 5. The first kappa shape index (κ1) is 19.7. The third-order valence-corrected chi connectivity index (χ3v) is 5.63. The SMILES string of the molecule is CN1CCN(c2ccc(Cl)cc2NC(=O)c2cccc(NC(=O)C3CC3)c2)CC1. The van der Waals surface area contributed by atoms with Crippen molar-refractivity contribution in [3.8, 4) is 0 Å². The van der Waals surface area contributed by atoms with Gasteiger partial charge in [-0.3, -0.25) is 9.59 Å². The number of piperazine rings is 1. The number of hydrogen-bond acceptors (Lipinski definition) is 4. The van der Waals surface area contributed by atoms with Crippen molar-refractivity contribution in [3.05, 3.63) is 53.1 Å². The van der Waals surface area contributed by atoms with E-state index in [4.69, 9.17) is 11.6 Å². The molecule has 2 N–H and O–H groups in total. The summed E-state index contributed by atoms with van der Waals surface area (Å²) in [5, 5.41) is 6.46. The van der Waals surface area contributed by atoms with Crippen LogP contribution >= 0.6 is 11.6 Å². The van der Waals surface area contributed by atoms with Crippen LogP contribution in [0, 0.1) is 5.92 Å². The lowest BCUT2D eigenvalue weighted by atomic mass is 10.1. The predicted molar refractivity (Wildman–Crippen MR) is 117 cm³/mol. The highest BCUT2D eigenvalue weighted by molar-refractivity contribution is 6.31. The number of carbonyl (C=O) groups excluding carboxylic acids is 2. The first-order chi connectivity index (χ1) is 14.0. The van der Waals surface area contributed by atoms with Crippen LogP contribution in [-0.2, 0) is 4.79 Å². The zero-order chi connectivity index (χ0) is 20.4. The lowest BCUT2D eigenvalue weighted by molar-refractivity contribution is -0.117. The Morgan fingerprint density at radius 3 is 2.48 bits per heavy atom. The minimum atomic E-state index is -0.231. The first-order valence-electron chi connectivity index (χ1n) is 9.95. The van der Waals surface area contributed by atoms with Gasteiger partial charge in [0.2, 0.25) is 5.91 Å². The molecule has 2 aliphatic rings. The number of nitrogens with zero attached hydrogens (tertiary/aromatic N) is 2. The Bertz CT molecular complexity index is 921. The average Bonchev–Trinajstić information content (AvgIpc) is 3.55. The number of likely N-dealkylation sites (N-methyl/N-ethyl adjacent to an activating group) is 1. The molecular weight excluding hydrogens is 388 g/mol. The highest BCUT2D eigenvalue weighted by Gasteiger charge is 2.29. The minimum Gasteiger partial charge on any atom is -0.367 e. The van der Waals surface area contributed by atoms with Crippen molar-refractivity contribution >= 4 is 40.5 Å². The number of benzene rings is 2. The number of halogens is 1. The van der Waals surface area contributed by atoms with Crippen LogP contribution < -0.4 is 15.5 Å². The van der Waals surface area contributed by atoms with Crippen molar-refractivity contribution in [1.29, 1.82) is 0 Å². The number of anilines is 3. The summed E-state index contributed by atoms with van der Waals surface area (Å²) in [5.41, 5.74) is 2.79. The maximum absolute atomic E-state index is 12.9. The molecule has 29 heavy (non-hydrogen) atoms. The third-order valence-electron chi connectivity index (χ3n) is 5.39. The van der Waals surface area contributed by atoms with E-state index in [1.165, 1.54) is 0 Å². The molecule has 0 spiro atoms. The Labute approximate surface area is 175 Å². The molecule has 1 heterocycles. The largest absolute Gasteiger partial charge is 0.367 e. The second-order valence-corrected chi connectivity index (χ2v) is 8.19. The van der Waals surface area contributed by atoms with Crippen LogP contribution in [0.4, 0.5) is 17.1 Å². The Balaban J connectivity index is 1.50. The molecule has 1 aliphatic carbocycles. The van der Waals surface area contributed by atoms with E-state index in [9.17, 15) is 9.59 Å². The Morgan fingerprint density at radius 1 is 1.00 bits per heavy atom. The molecule has 0 unspecified atom stereocenters. The topological polar surface area (TPSA) is 64.7 Å². The molecule has 6 nitrogen and oxygen atoms in total. The van der Waals surface area contributed by atoms with E-state index in [1.54, 1.807) is 30.3 Å². The van der Waals surface area contributed by atoms with Crippen LogP contribution in [0.3, 0.4) is 0 Å². The highest BCUT2D eigenvalue weighted by atomic mass is 35.5. The van der Waals surface area contributed by atoms with Crippen molar-refractivity contribution in [3.63, 3.8) is 0 Å². The van der Waals surface area contributed by atoms with Crippen LogP contribution in [-0.4, -0.2) is 49.9 Å². The summed E-state index contributed by atoms with van der Waals surface area (Å²) in [6.45, 7) is 3.73. The van der Waals surface area contributed by atoms with Gasteiger partial charge in [-0.1, -0.05) is 17.7 Å². The van der Waals surface area contributed by atoms with Crippen LogP contribution in [0.2, 0.25) is 5.02 Å².